The third-order valence-corrected chi connectivity index (χ3v) is 7.22. The van der Waals surface area contributed by atoms with Crippen LogP contribution in [-0.4, -0.2) is 49.0 Å². The number of piperidine rings is 1. The molecular weight excluding hydrogens is 448 g/mol. The van der Waals surface area contributed by atoms with Gasteiger partial charge in [-0.15, -0.1) is 12.4 Å². The Morgan fingerprint density at radius 2 is 2.03 bits per heavy atom. The molecule has 3 aromatic heterocycles. The lowest BCUT2D eigenvalue weighted by molar-refractivity contribution is 0.0708. The second-order valence-electron chi connectivity index (χ2n) is 9.80. The van der Waals surface area contributed by atoms with Crippen LogP contribution in [0.2, 0.25) is 0 Å². The molecule has 7 nitrogen and oxygen atoms in total. The quantitative estimate of drug-likeness (QED) is 0.474. The molecule has 0 unspecified atom stereocenters. The van der Waals surface area contributed by atoms with E-state index in [9.17, 15) is 4.79 Å². The number of aromatic nitrogens is 4. The van der Waals surface area contributed by atoms with Gasteiger partial charge in [0.15, 0.2) is 5.82 Å². The van der Waals surface area contributed by atoms with Gasteiger partial charge in [0, 0.05) is 49.9 Å². The summed E-state index contributed by atoms with van der Waals surface area (Å²) in [4.78, 5) is 24.9. The molecule has 4 heterocycles. The number of imidazole rings is 1. The second-order valence-corrected chi connectivity index (χ2v) is 9.80. The highest BCUT2D eigenvalue weighted by Crippen LogP contribution is 2.36. The Kier molecular flexibility index (Phi) is 5.86. The van der Waals surface area contributed by atoms with Gasteiger partial charge < -0.3 is 19.8 Å². The van der Waals surface area contributed by atoms with Crippen LogP contribution in [0.4, 0.5) is 0 Å². The van der Waals surface area contributed by atoms with Crippen molar-refractivity contribution in [2.24, 2.45) is 18.7 Å². The lowest BCUT2D eigenvalue weighted by atomic mass is 10.0. The molecule has 1 amide bonds. The van der Waals surface area contributed by atoms with Crippen molar-refractivity contribution in [3.8, 4) is 11.5 Å². The topological polar surface area (TPSA) is 82.0 Å². The third kappa shape index (κ3) is 3.87. The summed E-state index contributed by atoms with van der Waals surface area (Å²) in [6.45, 7) is 4.37. The van der Waals surface area contributed by atoms with Crippen molar-refractivity contribution in [2.45, 2.75) is 45.2 Å². The van der Waals surface area contributed by atoms with Gasteiger partial charge in [0.25, 0.3) is 5.91 Å². The molecule has 178 valence electrons. The zero-order valence-corrected chi connectivity index (χ0v) is 20.5. The zero-order chi connectivity index (χ0) is 22.7. The number of likely N-dealkylation sites (tertiary alicyclic amines) is 1. The molecule has 2 fully saturated rings. The lowest BCUT2D eigenvalue weighted by Gasteiger charge is -2.31. The Morgan fingerprint density at radius 3 is 2.79 bits per heavy atom. The third-order valence-electron chi connectivity index (χ3n) is 7.22. The van der Waals surface area contributed by atoms with E-state index in [0.717, 1.165) is 76.6 Å². The van der Waals surface area contributed by atoms with Crippen LogP contribution in [0.5, 0.6) is 0 Å². The number of hydrogen-bond acceptors (Lipinski definition) is 4. The largest absolute Gasteiger partial charge is 0.337 e. The molecule has 1 saturated carbocycles. The molecule has 2 aliphatic rings. The molecule has 1 atom stereocenters. The maximum atomic E-state index is 13.3. The summed E-state index contributed by atoms with van der Waals surface area (Å²) in [5, 5.41) is 1.13. The molecule has 1 aliphatic heterocycles. The van der Waals surface area contributed by atoms with Crippen LogP contribution < -0.4 is 5.73 Å². The van der Waals surface area contributed by atoms with Gasteiger partial charge in [-0.1, -0.05) is 0 Å². The van der Waals surface area contributed by atoms with E-state index < -0.39 is 0 Å². The number of amides is 1. The molecular formula is C26H31ClN6O. The van der Waals surface area contributed by atoms with Gasteiger partial charge >= 0.3 is 0 Å². The smallest absolute Gasteiger partial charge is 0.254 e. The standard InChI is InChI=1S/C26H30N6O.ClH/c1-16-11-22-21(13-20(16)26(33)31-10-4-6-19(27)15-31)29-25(30(22)2)23-12-18-5-3-9-28-24(18)32(23)14-17-7-8-17;/h3,5,9,11-13,17,19H,4,6-8,10,14-15,27H2,1-2H3;1H/t19-;/m1./s1. The molecule has 4 aromatic rings. The Bertz CT molecular complexity index is 1390. The minimum atomic E-state index is 0. The Labute approximate surface area is 205 Å². The fourth-order valence-corrected chi connectivity index (χ4v) is 5.18. The highest BCUT2D eigenvalue weighted by atomic mass is 35.5. The van der Waals surface area contributed by atoms with Crippen molar-refractivity contribution >= 4 is 40.4 Å². The summed E-state index contributed by atoms with van der Waals surface area (Å²) in [5.74, 6) is 1.69. The number of nitrogens with zero attached hydrogens (tertiary/aromatic N) is 5. The van der Waals surface area contributed by atoms with Crippen molar-refractivity contribution in [3.63, 3.8) is 0 Å². The first kappa shape index (κ1) is 22.9. The number of aryl methyl sites for hydroxylation is 2. The average molecular weight is 479 g/mol. The minimum Gasteiger partial charge on any atom is -0.337 e. The highest BCUT2D eigenvalue weighted by Gasteiger charge is 2.27. The number of benzene rings is 1. The summed E-state index contributed by atoms with van der Waals surface area (Å²) in [5.41, 5.74) is 11.8. The number of rotatable bonds is 4. The molecule has 1 saturated heterocycles. The van der Waals surface area contributed by atoms with Crippen LogP contribution in [0, 0.1) is 12.8 Å². The Balaban J connectivity index is 0.00000241. The summed E-state index contributed by atoms with van der Waals surface area (Å²) in [7, 11) is 2.06. The van der Waals surface area contributed by atoms with E-state index in [1.807, 2.05) is 30.2 Å². The highest BCUT2D eigenvalue weighted by molar-refractivity contribution is 5.99. The number of hydrogen-bond donors (Lipinski definition) is 1. The maximum Gasteiger partial charge on any atom is 0.254 e. The van der Waals surface area contributed by atoms with Crippen molar-refractivity contribution in [1.29, 1.82) is 0 Å². The van der Waals surface area contributed by atoms with E-state index in [0.29, 0.717) is 6.54 Å². The fourth-order valence-electron chi connectivity index (χ4n) is 5.18. The SMILES string of the molecule is Cc1cc2c(cc1C(=O)N1CCC[C@@H](N)C1)nc(-c1cc3cccnc3n1CC1CC1)n2C.Cl. The van der Waals surface area contributed by atoms with Gasteiger partial charge in [-0.25, -0.2) is 9.97 Å². The van der Waals surface area contributed by atoms with Crippen LogP contribution in [0.3, 0.4) is 0 Å². The number of fused-ring (bicyclic) bond motifs is 2. The predicted molar refractivity (Wildman–Crippen MR) is 137 cm³/mol. The van der Waals surface area contributed by atoms with Gasteiger partial charge in [0.05, 0.1) is 16.7 Å². The predicted octanol–water partition coefficient (Wildman–Crippen LogP) is 4.29. The van der Waals surface area contributed by atoms with Crippen molar-refractivity contribution in [2.75, 3.05) is 13.1 Å². The van der Waals surface area contributed by atoms with Crippen LogP contribution in [-0.2, 0) is 13.6 Å². The Morgan fingerprint density at radius 1 is 1.21 bits per heavy atom. The minimum absolute atomic E-state index is 0. The van der Waals surface area contributed by atoms with E-state index in [4.69, 9.17) is 10.7 Å². The van der Waals surface area contributed by atoms with E-state index in [-0.39, 0.29) is 24.4 Å². The molecule has 8 heteroatoms. The van der Waals surface area contributed by atoms with Gasteiger partial charge in [-0.3, -0.25) is 4.79 Å². The van der Waals surface area contributed by atoms with Crippen molar-refractivity contribution in [1.82, 2.24) is 24.0 Å². The zero-order valence-electron chi connectivity index (χ0n) is 19.7. The van der Waals surface area contributed by atoms with Crippen LogP contribution in [0.1, 0.15) is 41.6 Å². The van der Waals surface area contributed by atoms with E-state index in [2.05, 4.69) is 39.4 Å². The number of carbonyl (C=O) groups is 1. The van der Waals surface area contributed by atoms with Crippen LogP contribution in [0.25, 0.3) is 33.6 Å². The summed E-state index contributed by atoms with van der Waals surface area (Å²) in [6.07, 6.45) is 6.35. The fraction of sp³-hybridized carbons (Fsp3) is 0.423. The molecule has 0 spiro atoms. The van der Waals surface area contributed by atoms with Crippen LogP contribution in [0.15, 0.2) is 36.5 Å². The van der Waals surface area contributed by atoms with Gasteiger partial charge in [0.1, 0.15) is 5.65 Å². The molecule has 1 aromatic carbocycles. The first-order valence-corrected chi connectivity index (χ1v) is 12.0. The first-order chi connectivity index (χ1) is 16.0. The summed E-state index contributed by atoms with van der Waals surface area (Å²) < 4.78 is 4.47. The first-order valence-electron chi connectivity index (χ1n) is 12.0. The number of carbonyl (C=O) groups excluding carboxylic acids is 1. The van der Waals surface area contributed by atoms with Crippen molar-refractivity contribution < 1.29 is 4.79 Å². The second kappa shape index (κ2) is 8.71. The number of pyridine rings is 1. The summed E-state index contributed by atoms with van der Waals surface area (Å²) in [6, 6.07) is 10.4. The monoisotopic (exact) mass is 478 g/mol. The number of halogens is 1. The molecule has 2 N–H and O–H groups in total. The molecule has 34 heavy (non-hydrogen) atoms. The average Bonchev–Trinajstić information content (AvgIpc) is 3.49. The van der Waals surface area contributed by atoms with E-state index >= 15 is 0 Å². The van der Waals surface area contributed by atoms with Gasteiger partial charge in [-0.2, -0.15) is 0 Å². The lowest BCUT2D eigenvalue weighted by Crippen LogP contribution is -2.45. The number of nitrogens with two attached hydrogens (primary N) is 1. The van der Waals surface area contributed by atoms with Gasteiger partial charge in [-0.05, 0) is 74.4 Å². The van der Waals surface area contributed by atoms with Crippen LogP contribution >= 0.6 is 12.4 Å². The van der Waals surface area contributed by atoms with E-state index in [1.54, 1.807) is 0 Å². The summed E-state index contributed by atoms with van der Waals surface area (Å²) >= 11 is 0. The molecule has 0 radical (unpaired) electrons. The molecule has 6 rings (SSSR count). The normalized spacial score (nSPS) is 18.4. The molecule has 0 bridgehead atoms. The Hall–Kier alpha value is -2.90. The van der Waals surface area contributed by atoms with Gasteiger partial charge in [0.2, 0.25) is 0 Å². The van der Waals surface area contributed by atoms with Crippen molar-refractivity contribution in [3.05, 3.63) is 47.7 Å². The van der Waals surface area contributed by atoms with E-state index in [1.165, 1.54) is 12.8 Å². The molecule has 1 aliphatic carbocycles. The maximum absolute atomic E-state index is 13.3.